The van der Waals surface area contributed by atoms with Crippen molar-refractivity contribution < 1.29 is 13.5 Å². The second-order valence-corrected chi connectivity index (χ2v) is 7.83. The monoisotopic (exact) mass is 508 g/mol. The summed E-state index contributed by atoms with van der Waals surface area (Å²) < 4.78 is 33.7. The van der Waals surface area contributed by atoms with Crippen molar-refractivity contribution in [1.29, 1.82) is 0 Å². The highest BCUT2D eigenvalue weighted by Crippen LogP contribution is 2.43. The Bertz CT molecular complexity index is 653. The molecule has 2 N–H and O–H groups in total. The summed E-state index contributed by atoms with van der Waals surface area (Å²) in [5, 5.41) is 6.55. The molecule has 1 saturated carbocycles. The molecule has 1 heterocycles. The summed E-state index contributed by atoms with van der Waals surface area (Å²) in [7, 11) is 1.70. The van der Waals surface area contributed by atoms with Gasteiger partial charge >= 0.3 is 0 Å². The number of benzene rings is 1. The average Bonchev–Trinajstić information content (AvgIpc) is 3.37. The Morgan fingerprint density at radius 3 is 2.68 bits per heavy atom. The lowest BCUT2D eigenvalue weighted by atomic mass is 10.1. The lowest BCUT2D eigenvalue weighted by Crippen LogP contribution is -2.50. The maximum absolute atomic E-state index is 13.9. The number of ether oxygens (including phenoxy) is 1. The van der Waals surface area contributed by atoms with Crippen molar-refractivity contribution in [3.63, 3.8) is 0 Å². The van der Waals surface area contributed by atoms with E-state index in [0.717, 1.165) is 26.2 Å². The minimum absolute atomic E-state index is 0. The summed E-state index contributed by atoms with van der Waals surface area (Å²) in [6.45, 7) is 8.78. The van der Waals surface area contributed by atoms with E-state index in [2.05, 4.69) is 34.4 Å². The third-order valence-corrected chi connectivity index (χ3v) is 5.05. The van der Waals surface area contributed by atoms with Crippen LogP contribution in [0.25, 0.3) is 0 Å². The molecule has 1 aliphatic carbocycles. The number of nitrogens with one attached hydrogen (secondary N) is 2. The van der Waals surface area contributed by atoms with Gasteiger partial charge in [0.15, 0.2) is 5.96 Å². The summed E-state index contributed by atoms with van der Waals surface area (Å²) in [6, 6.07) is 4.01. The number of halogens is 3. The van der Waals surface area contributed by atoms with Crippen molar-refractivity contribution in [2.75, 3.05) is 39.8 Å². The van der Waals surface area contributed by atoms with E-state index in [1.807, 2.05) is 0 Å². The quantitative estimate of drug-likeness (QED) is 0.353. The van der Waals surface area contributed by atoms with E-state index in [4.69, 9.17) is 4.74 Å². The number of nitrogens with zero attached hydrogens (tertiary/aromatic N) is 2. The molecule has 2 fully saturated rings. The van der Waals surface area contributed by atoms with E-state index < -0.39 is 11.6 Å². The second-order valence-electron chi connectivity index (χ2n) is 7.83. The Balaban J connectivity index is 0.00000280. The van der Waals surface area contributed by atoms with Gasteiger partial charge in [-0.1, -0.05) is 19.9 Å². The van der Waals surface area contributed by atoms with Gasteiger partial charge < -0.3 is 15.4 Å². The number of aliphatic imine (C=N–C) groups is 1. The van der Waals surface area contributed by atoms with Crippen LogP contribution in [0, 0.1) is 17.6 Å². The Morgan fingerprint density at radius 1 is 1.32 bits per heavy atom. The predicted molar refractivity (Wildman–Crippen MR) is 118 cm³/mol. The standard InChI is InChI=1S/C20H30F2N4O.HI/c1-13(2)11-26-7-8-27-14(12-26)10-24-20(23-3)25-18-9-15(18)19-16(21)5-4-6-17(19)22;/h4-6,13-15,18H,7-12H2,1-3H3,(H2,23,24,25);1H. The van der Waals surface area contributed by atoms with Gasteiger partial charge in [0.25, 0.3) is 0 Å². The molecule has 0 spiro atoms. The van der Waals surface area contributed by atoms with Crippen LogP contribution in [-0.4, -0.2) is 62.8 Å². The molecule has 8 heteroatoms. The molecule has 1 aromatic carbocycles. The van der Waals surface area contributed by atoms with Crippen LogP contribution >= 0.6 is 24.0 Å². The van der Waals surface area contributed by atoms with Crippen LogP contribution in [0.3, 0.4) is 0 Å². The van der Waals surface area contributed by atoms with Gasteiger partial charge in [-0.2, -0.15) is 0 Å². The molecule has 5 nitrogen and oxygen atoms in total. The molecule has 1 saturated heterocycles. The minimum Gasteiger partial charge on any atom is -0.374 e. The van der Waals surface area contributed by atoms with Crippen LogP contribution < -0.4 is 10.6 Å². The molecule has 0 amide bonds. The first-order chi connectivity index (χ1) is 13.0. The maximum Gasteiger partial charge on any atom is 0.191 e. The molecule has 158 valence electrons. The highest BCUT2D eigenvalue weighted by Gasteiger charge is 2.42. The molecule has 0 bridgehead atoms. The summed E-state index contributed by atoms with van der Waals surface area (Å²) in [5.41, 5.74) is 0.172. The molecule has 0 aromatic heterocycles. The highest BCUT2D eigenvalue weighted by molar-refractivity contribution is 14.0. The first-order valence-corrected chi connectivity index (χ1v) is 9.73. The van der Waals surface area contributed by atoms with E-state index in [0.29, 0.717) is 24.8 Å². The van der Waals surface area contributed by atoms with Crippen LogP contribution in [0.15, 0.2) is 23.2 Å². The number of hydrogen-bond donors (Lipinski definition) is 2. The van der Waals surface area contributed by atoms with E-state index in [-0.39, 0.29) is 47.6 Å². The molecule has 1 aromatic rings. The van der Waals surface area contributed by atoms with Crippen molar-refractivity contribution in [3.05, 3.63) is 35.4 Å². The summed E-state index contributed by atoms with van der Waals surface area (Å²) in [4.78, 5) is 6.66. The molecule has 1 aliphatic heterocycles. The van der Waals surface area contributed by atoms with Crippen LogP contribution in [0.1, 0.15) is 31.7 Å². The fourth-order valence-corrected chi connectivity index (χ4v) is 3.71. The van der Waals surface area contributed by atoms with E-state index in [9.17, 15) is 8.78 Å². The van der Waals surface area contributed by atoms with Crippen LogP contribution in [-0.2, 0) is 4.74 Å². The number of guanidine groups is 1. The minimum atomic E-state index is -0.479. The SMILES string of the molecule is CN=C(NCC1CN(CC(C)C)CCO1)NC1CC1c1c(F)cccc1F.I. The Labute approximate surface area is 183 Å². The zero-order chi connectivity index (χ0) is 19.4. The van der Waals surface area contributed by atoms with Gasteiger partial charge in [-0.15, -0.1) is 24.0 Å². The molecule has 3 rings (SSSR count). The Hall–Kier alpha value is -1.000. The van der Waals surface area contributed by atoms with Crippen molar-refractivity contribution in [2.45, 2.75) is 38.3 Å². The summed E-state index contributed by atoms with van der Waals surface area (Å²) >= 11 is 0. The predicted octanol–water partition coefficient (Wildman–Crippen LogP) is 2.96. The van der Waals surface area contributed by atoms with Gasteiger partial charge in [0.05, 0.1) is 12.7 Å². The fraction of sp³-hybridized carbons (Fsp3) is 0.650. The van der Waals surface area contributed by atoms with Crippen LogP contribution in [0.5, 0.6) is 0 Å². The second kappa shape index (κ2) is 10.7. The first-order valence-electron chi connectivity index (χ1n) is 9.73. The Morgan fingerprint density at radius 2 is 2.04 bits per heavy atom. The van der Waals surface area contributed by atoms with Gasteiger partial charge in [0.2, 0.25) is 0 Å². The van der Waals surface area contributed by atoms with Gasteiger partial charge in [0, 0.05) is 50.7 Å². The van der Waals surface area contributed by atoms with Crippen LogP contribution in [0.4, 0.5) is 8.78 Å². The Kier molecular flexibility index (Phi) is 8.88. The third-order valence-electron chi connectivity index (χ3n) is 5.05. The summed E-state index contributed by atoms with van der Waals surface area (Å²) in [5.74, 6) is 0.166. The van der Waals surface area contributed by atoms with Crippen LogP contribution in [0.2, 0.25) is 0 Å². The van der Waals surface area contributed by atoms with Gasteiger partial charge in [-0.25, -0.2) is 8.78 Å². The molecule has 3 atom stereocenters. The van der Waals surface area contributed by atoms with Crippen molar-refractivity contribution >= 4 is 29.9 Å². The van der Waals surface area contributed by atoms with E-state index in [1.165, 1.54) is 18.2 Å². The highest BCUT2D eigenvalue weighted by atomic mass is 127. The lowest BCUT2D eigenvalue weighted by Gasteiger charge is -2.34. The normalized spacial score (nSPS) is 25.4. The number of rotatable bonds is 6. The van der Waals surface area contributed by atoms with Gasteiger partial charge in [-0.3, -0.25) is 9.89 Å². The largest absolute Gasteiger partial charge is 0.374 e. The topological polar surface area (TPSA) is 48.9 Å². The molecule has 28 heavy (non-hydrogen) atoms. The molecule has 0 radical (unpaired) electrons. The third kappa shape index (κ3) is 6.25. The summed E-state index contributed by atoms with van der Waals surface area (Å²) in [6.07, 6.45) is 0.802. The van der Waals surface area contributed by atoms with Gasteiger partial charge in [0.1, 0.15) is 11.6 Å². The fourth-order valence-electron chi connectivity index (χ4n) is 3.71. The molecular formula is C20H31F2IN4O. The number of hydrogen-bond acceptors (Lipinski definition) is 3. The number of morpholine rings is 1. The van der Waals surface area contributed by atoms with E-state index in [1.54, 1.807) is 7.05 Å². The van der Waals surface area contributed by atoms with Crippen molar-refractivity contribution in [3.8, 4) is 0 Å². The van der Waals surface area contributed by atoms with Gasteiger partial charge in [-0.05, 0) is 24.5 Å². The molecular weight excluding hydrogens is 477 g/mol. The van der Waals surface area contributed by atoms with E-state index >= 15 is 0 Å². The zero-order valence-electron chi connectivity index (χ0n) is 16.8. The smallest absolute Gasteiger partial charge is 0.191 e. The molecule has 3 unspecified atom stereocenters. The maximum atomic E-state index is 13.9. The van der Waals surface area contributed by atoms with Crippen molar-refractivity contribution in [2.24, 2.45) is 10.9 Å². The van der Waals surface area contributed by atoms with Crippen molar-refractivity contribution in [1.82, 2.24) is 15.5 Å². The lowest BCUT2D eigenvalue weighted by molar-refractivity contribution is -0.0284. The average molecular weight is 508 g/mol. The zero-order valence-corrected chi connectivity index (χ0v) is 19.1. The molecule has 2 aliphatic rings. The first kappa shape index (κ1) is 23.3.